The van der Waals surface area contributed by atoms with Crippen molar-refractivity contribution in [2.24, 2.45) is 0 Å². The quantitative estimate of drug-likeness (QED) is 0.853. The average Bonchev–Trinajstić information content (AvgIpc) is 2.52. The van der Waals surface area contributed by atoms with Crippen LogP contribution in [0.25, 0.3) is 0 Å². The minimum atomic E-state index is -0.234. The van der Waals surface area contributed by atoms with Gasteiger partial charge in [0.05, 0.1) is 12.0 Å². The number of fused-ring (bicyclic) bond motifs is 1. The Morgan fingerprint density at radius 2 is 1.91 bits per heavy atom. The predicted octanol–water partition coefficient (Wildman–Crippen LogP) is 4.15. The second-order valence-corrected chi connectivity index (χ2v) is 6.17. The van der Waals surface area contributed by atoms with Gasteiger partial charge in [-0.05, 0) is 37.0 Å². The highest BCUT2D eigenvalue weighted by molar-refractivity contribution is 6.00. The third-order valence-corrected chi connectivity index (χ3v) is 4.58. The van der Waals surface area contributed by atoms with E-state index in [2.05, 4.69) is 0 Å². The van der Waals surface area contributed by atoms with Gasteiger partial charge in [-0.2, -0.15) is 0 Å². The highest BCUT2D eigenvalue weighted by atomic mass is 16.5. The second kappa shape index (κ2) is 5.16. The Kier molecular flexibility index (Phi) is 3.14. The van der Waals surface area contributed by atoms with Crippen LogP contribution in [0, 0.1) is 0 Å². The number of hydrogen-bond acceptors (Lipinski definition) is 3. The van der Waals surface area contributed by atoms with Crippen LogP contribution in [0.3, 0.4) is 0 Å². The van der Waals surface area contributed by atoms with Crippen LogP contribution < -0.4 is 9.47 Å². The van der Waals surface area contributed by atoms with E-state index in [9.17, 15) is 4.79 Å². The van der Waals surface area contributed by atoms with Crippen molar-refractivity contribution in [2.75, 3.05) is 0 Å². The lowest BCUT2D eigenvalue weighted by atomic mass is 9.74. The molecule has 3 heteroatoms. The molecule has 0 bridgehead atoms. The zero-order valence-electron chi connectivity index (χ0n) is 12.4. The van der Waals surface area contributed by atoms with Gasteiger partial charge >= 0.3 is 0 Å². The van der Waals surface area contributed by atoms with Gasteiger partial charge in [-0.15, -0.1) is 0 Å². The molecule has 2 aromatic rings. The standard InChI is InChI=1S/C19H18O3/c20-17-12-19(9-4-10-19)22-18-11-15(7-8-16(17)18)21-13-14-5-2-1-3-6-14/h1-3,5-8,11H,4,9-10,12-13H2. The average molecular weight is 294 g/mol. The minimum absolute atomic E-state index is 0.190. The molecule has 4 rings (SSSR count). The van der Waals surface area contributed by atoms with Gasteiger partial charge in [0.2, 0.25) is 0 Å². The zero-order chi connectivity index (χ0) is 15.0. The molecule has 0 N–H and O–H groups in total. The van der Waals surface area contributed by atoms with Gasteiger partial charge < -0.3 is 9.47 Å². The molecule has 1 spiro atoms. The van der Waals surface area contributed by atoms with Crippen molar-refractivity contribution in [1.29, 1.82) is 0 Å². The van der Waals surface area contributed by atoms with Crippen LogP contribution in [0.15, 0.2) is 48.5 Å². The van der Waals surface area contributed by atoms with Crippen molar-refractivity contribution in [2.45, 2.75) is 37.9 Å². The molecule has 0 atom stereocenters. The summed E-state index contributed by atoms with van der Waals surface area (Å²) in [6, 6.07) is 15.6. The van der Waals surface area contributed by atoms with Gasteiger partial charge in [-0.1, -0.05) is 30.3 Å². The Morgan fingerprint density at radius 1 is 1.09 bits per heavy atom. The first-order valence-electron chi connectivity index (χ1n) is 7.77. The van der Waals surface area contributed by atoms with E-state index >= 15 is 0 Å². The number of hydrogen-bond donors (Lipinski definition) is 0. The maximum atomic E-state index is 12.3. The van der Waals surface area contributed by atoms with Crippen LogP contribution in [-0.4, -0.2) is 11.4 Å². The number of Topliss-reactive ketones (excluding diaryl/α,β-unsaturated/α-hetero) is 1. The highest BCUT2D eigenvalue weighted by Crippen LogP contribution is 2.45. The number of benzene rings is 2. The van der Waals surface area contributed by atoms with Gasteiger partial charge in [0, 0.05) is 6.07 Å². The normalized spacial score (nSPS) is 18.3. The van der Waals surface area contributed by atoms with Gasteiger partial charge in [0.15, 0.2) is 5.78 Å². The molecule has 112 valence electrons. The van der Waals surface area contributed by atoms with Crippen LogP contribution in [-0.2, 0) is 6.61 Å². The molecular weight excluding hydrogens is 276 g/mol. The van der Waals surface area contributed by atoms with Gasteiger partial charge in [0.1, 0.15) is 23.7 Å². The van der Waals surface area contributed by atoms with Crippen molar-refractivity contribution in [1.82, 2.24) is 0 Å². The molecule has 0 radical (unpaired) electrons. The van der Waals surface area contributed by atoms with E-state index in [1.54, 1.807) is 0 Å². The lowest BCUT2D eigenvalue weighted by molar-refractivity contribution is -0.0178. The van der Waals surface area contributed by atoms with Crippen molar-refractivity contribution in [3.63, 3.8) is 0 Å². The molecule has 1 saturated carbocycles. The number of rotatable bonds is 3. The first-order valence-corrected chi connectivity index (χ1v) is 7.77. The van der Waals surface area contributed by atoms with E-state index in [1.165, 1.54) is 0 Å². The van der Waals surface area contributed by atoms with Crippen LogP contribution in [0.5, 0.6) is 11.5 Å². The molecular formula is C19H18O3. The largest absolute Gasteiger partial charge is 0.489 e. The summed E-state index contributed by atoms with van der Waals surface area (Å²) in [6.07, 6.45) is 3.62. The number of carbonyl (C=O) groups is 1. The number of ether oxygens (including phenoxy) is 2. The van der Waals surface area contributed by atoms with Crippen molar-refractivity contribution < 1.29 is 14.3 Å². The molecule has 1 aliphatic heterocycles. The molecule has 3 nitrogen and oxygen atoms in total. The summed E-state index contributed by atoms with van der Waals surface area (Å²) in [5.41, 5.74) is 1.57. The molecule has 2 aliphatic rings. The van der Waals surface area contributed by atoms with Gasteiger partial charge in [-0.25, -0.2) is 0 Å². The summed E-state index contributed by atoms with van der Waals surface area (Å²) in [7, 11) is 0. The number of carbonyl (C=O) groups excluding carboxylic acids is 1. The molecule has 1 heterocycles. The fourth-order valence-corrected chi connectivity index (χ4v) is 3.16. The van der Waals surface area contributed by atoms with Crippen LogP contribution in [0.1, 0.15) is 41.6 Å². The third-order valence-electron chi connectivity index (χ3n) is 4.58. The minimum Gasteiger partial charge on any atom is -0.489 e. The summed E-state index contributed by atoms with van der Waals surface area (Å²) >= 11 is 0. The maximum absolute atomic E-state index is 12.3. The lowest BCUT2D eigenvalue weighted by Crippen LogP contribution is -2.47. The summed E-state index contributed by atoms with van der Waals surface area (Å²) in [4.78, 5) is 12.3. The van der Waals surface area contributed by atoms with Gasteiger partial charge in [0.25, 0.3) is 0 Å². The molecule has 1 aliphatic carbocycles. The van der Waals surface area contributed by atoms with Crippen molar-refractivity contribution in [3.8, 4) is 11.5 Å². The van der Waals surface area contributed by atoms with Gasteiger partial charge in [-0.3, -0.25) is 4.79 Å². The van der Waals surface area contributed by atoms with E-state index in [4.69, 9.17) is 9.47 Å². The fourth-order valence-electron chi connectivity index (χ4n) is 3.16. The molecule has 22 heavy (non-hydrogen) atoms. The Labute approximate surface area is 129 Å². The fraction of sp³-hybridized carbons (Fsp3) is 0.316. The third kappa shape index (κ3) is 2.37. The van der Waals surface area contributed by atoms with Crippen LogP contribution >= 0.6 is 0 Å². The SMILES string of the molecule is O=C1CC2(CCC2)Oc2cc(OCc3ccccc3)ccc21. The molecule has 0 amide bonds. The first-order chi connectivity index (χ1) is 10.7. The highest BCUT2D eigenvalue weighted by Gasteiger charge is 2.45. The summed E-state index contributed by atoms with van der Waals surface area (Å²) in [6.45, 7) is 0.513. The Bertz CT molecular complexity index is 702. The zero-order valence-corrected chi connectivity index (χ0v) is 12.4. The topological polar surface area (TPSA) is 35.5 Å². The molecule has 1 fully saturated rings. The molecule has 2 aromatic carbocycles. The molecule has 0 unspecified atom stereocenters. The van der Waals surface area contributed by atoms with E-state index in [0.717, 1.165) is 30.6 Å². The second-order valence-electron chi connectivity index (χ2n) is 6.17. The monoisotopic (exact) mass is 294 g/mol. The number of ketones is 1. The van der Waals surface area contributed by atoms with E-state index < -0.39 is 0 Å². The Balaban J connectivity index is 1.53. The summed E-state index contributed by atoms with van der Waals surface area (Å²) in [5, 5.41) is 0. The predicted molar refractivity (Wildman–Crippen MR) is 83.4 cm³/mol. The lowest BCUT2D eigenvalue weighted by Gasteiger charge is -2.44. The first kappa shape index (κ1) is 13.4. The van der Waals surface area contributed by atoms with E-state index in [1.807, 2.05) is 48.5 Å². The Morgan fingerprint density at radius 3 is 2.64 bits per heavy atom. The van der Waals surface area contributed by atoms with Crippen LogP contribution in [0.4, 0.5) is 0 Å². The summed E-state index contributed by atoms with van der Waals surface area (Å²) < 4.78 is 11.9. The smallest absolute Gasteiger partial charge is 0.170 e. The van der Waals surface area contributed by atoms with E-state index in [0.29, 0.717) is 24.3 Å². The van der Waals surface area contributed by atoms with E-state index in [-0.39, 0.29) is 11.4 Å². The maximum Gasteiger partial charge on any atom is 0.170 e. The van der Waals surface area contributed by atoms with Crippen molar-refractivity contribution >= 4 is 5.78 Å². The van der Waals surface area contributed by atoms with Crippen LogP contribution in [0.2, 0.25) is 0 Å². The Hall–Kier alpha value is -2.29. The molecule has 0 aromatic heterocycles. The van der Waals surface area contributed by atoms with Crippen molar-refractivity contribution in [3.05, 3.63) is 59.7 Å². The molecule has 0 saturated heterocycles. The summed E-state index contributed by atoms with van der Waals surface area (Å²) in [5.74, 6) is 1.61.